The fraction of sp³-hybridized carbons (Fsp3) is 0.471. The zero-order chi connectivity index (χ0) is 19.8. The van der Waals surface area contributed by atoms with Gasteiger partial charge in [0.15, 0.2) is 0 Å². The summed E-state index contributed by atoms with van der Waals surface area (Å²) in [5, 5.41) is 13.4. The minimum absolute atomic E-state index is 0.101. The largest absolute Gasteiger partial charge is 0.375 e. The Bertz CT molecular complexity index is 795. The number of hydrogen-bond donors (Lipinski definition) is 1. The van der Waals surface area contributed by atoms with E-state index in [-0.39, 0.29) is 24.2 Å². The molecule has 0 bridgehead atoms. The van der Waals surface area contributed by atoms with Crippen molar-refractivity contribution in [1.29, 1.82) is 0 Å². The molecule has 2 saturated heterocycles. The Balaban J connectivity index is 1.75. The molecule has 27 heavy (non-hydrogen) atoms. The van der Waals surface area contributed by atoms with Crippen molar-refractivity contribution >= 4 is 23.5 Å². The molecule has 2 fully saturated rings. The molecule has 0 radical (unpaired) electrons. The van der Waals surface area contributed by atoms with E-state index in [9.17, 15) is 24.5 Å². The smallest absolute Gasteiger partial charge is 0.325 e. The van der Waals surface area contributed by atoms with E-state index in [2.05, 4.69) is 5.32 Å². The Labute approximate surface area is 155 Å². The van der Waals surface area contributed by atoms with Crippen LogP contribution in [-0.2, 0) is 19.9 Å². The van der Waals surface area contributed by atoms with Gasteiger partial charge in [-0.25, -0.2) is 4.79 Å². The predicted molar refractivity (Wildman–Crippen MR) is 92.7 cm³/mol. The van der Waals surface area contributed by atoms with Crippen LogP contribution in [0.3, 0.4) is 0 Å². The maximum Gasteiger partial charge on any atom is 0.325 e. The second-order valence-corrected chi connectivity index (χ2v) is 6.77. The normalized spacial score (nSPS) is 25.5. The number of carbonyl (C=O) groups is 3. The number of nitrogens with one attached hydrogen (secondary N) is 1. The standard InChI is InChI=1S/C17H20N4O6/c1-11-9-19(7-8-27-11)14(22)10-20-15(23)17(2,18-16(20)24)12-3-5-13(6-4-12)21(25)26/h3-6,11H,7-10H2,1-2H3,(H,18,24). The molecular formula is C17H20N4O6. The molecule has 2 heterocycles. The number of benzene rings is 1. The first-order chi connectivity index (χ1) is 12.7. The van der Waals surface area contributed by atoms with Gasteiger partial charge in [0.05, 0.1) is 17.6 Å². The van der Waals surface area contributed by atoms with Crippen molar-refractivity contribution in [2.45, 2.75) is 25.5 Å². The average molecular weight is 376 g/mol. The minimum atomic E-state index is -1.38. The van der Waals surface area contributed by atoms with E-state index in [1.807, 2.05) is 6.92 Å². The highest BCUT2D eigenvalue weighted by molar-refractivity contribution is 6.09. The van der Waals surface area contributed by atoms with Crippen molar-refractivity contribution < 1.29 is 24.0 Å². The van der Waals surface area contributed by atoms with Crippen LogP contribution in [0.5, 0.6) is 0 Å². The Morgan fingerprint density at radius 1 is 1.37 bits per heavy atom. The van der Waals surface area contributed by atoms with Crippen LogP contribution in [0.1, 0.15) is 19.4 Å². The molecule has 0 spiro atoms. The van der Waals surface area contributed by atoms with Gasteiger partial charge in [-0.15, -0.1) is 0 Å². The zero-order valence-corrected chi connectivity index (χ0v) is 15.0. The highest BCUT2D eigenvalue weighted by Crippen LogP contribution is 2.30. The van der Waals surface area contributed by atoms with Gasteiger partial charge < -0.3 is 15.0 Å². The maximum atomic E-state index is 12.9. The highest BCUT2D eigenvalue weighted by atomic mass is 16.6. The number of non-ortho nitro benzene ring substituents is 1. The summed E-state index contributed by atoms with van der Waals surface area (Å²) < 4.78 is 5.39. The number of urea groups is 1. The third kappa shape index (κ3) is 3.47. The number of imide groups is 1. The van der Waals surface area contributed by atoms with Crippen LogP contribution >= 0.6 is 0 Å². The first kappa shape index (κ1) is 18.8. The molecule has 144 valence electrons. The second kappa shape index (κ2) is 6.95. The van der Waals surface area contributed by atoms with Crippen LogP contribution in [0.4, 0.5) is 10.5 Å². The van der Waals surface area contributed by atoms with Gasteiger partial charge in [0.25, 0.3) is 11.6 Å². The summed E-state index contributed by atoms with van der Waals surface area (Å²) in [4.78, 5) is 50.3. The van der Waals surface area contributed by atoms with Crippen molar-refractivity contribution in [3.63, 3.8) is 0 Å². The lowest BCUT2D eigenvalue weighted by molar-refractivity contribution is -0.384. The molecule has 10 nitrogen and oxygen atoms in total. The number of hydrogen-bond acceptors (Lipinski definition) is 6. The van der Waals surface area contributed by atoms with Crippen molar-refractivity contribution in [2.24, 2.45) is 0 Å². The van der Waals surface area contributed by atoms with Crippen LogP contribution in [0, 0.1) is 10.1 Å². The van der Waals surface area contributed by atoms with Gasteiger partial charge in [-0.2, -0.15) is 0 Å². The van der Waals surface area contributed by atoms with Crippen LogP contribution in [0.25, 0.3) is 0 Å². The van der Waals surface area contributed by atoms with E-state index in [4.69, 9.17) is 4.74 Å². The molecule has 1 aromatic carbocycles. The fourth-order valence-corrected chi connectivity index (χ4v) is 3.23. The summed E-state index contributed by atoms with van der Waals surface area (Å²) >= 11 is 0. The first-order valence-electron chi connectivity index (χ1n) is 8.51. The summed E-state index contributed by atoms with van der Waals surface area (Å²) in [5.74, 6) is -0.905. The molecular weight excluding hydrogens is 356 g/mol. The van der Waals surface area contributed by atoms with E-state index in [1.54, 1.807) is 4.90 Å². The molecule has 2 aliphatic rings. The van der Waals surface area contributed by atoms with Crippen molar-refractivity contribution in [2.75, 3.05) is 26.2 Å². The van der Waals surface area contributed by atoms with E-state index in [1.165, 1.54) is 31.2 Å². The van der Waals surface area contributed by atoms with Gasteiger partial charge in [-0.1, -0.05) is 0 Å². The number of nitro benzene ring substituents is 1. The second-order valence-electron chi connectivity index (χ2n) is 6.77. The monoisotopic (exact) mass is 376 g/mol. The number of nitro groups is 1. The quantitative estimate of drug-likeness (QED) is 0.467. The van der Waals surface area contributed by atoms with Crippen LogP contribution < -0.4 is 5.32 Å². The SMILES string of the molecule is CC1CN(C(=O)CN2C(=O)NC(C)(c3ccc([N+](=O)[O-])cc3)C2=O)CCO1. The third-order valence-electron chi connectivity index (χ3n) is 4.82. The van der Waals surface area contributed by atoms with Crippen LogP contribution in [0.2, 0.25) is 0 Å². The van der Waals surface area contributed by atoms with Crippen molar-refractivity contribution in [1.82, 2.24) is 15.1 Å². The van der Waals surface area contributed by atoms with Gasteiger partial charge in [0, 0.05) is 25.2 Å². The lowest BCUT2D eigenvalue weighted by Gasteiger charge is -2.32. The summed E-state index contributed by atoms with van der Waals surface area (Å²) in [7, 11) is 0. The predicted octanol–water partition coefficient (Wildman–Crippen LogP) is 0.609. The molecule has 0 aliphatic carbocycles. The highest BCUT2D eigenvalue weighted by Gasteiger charge is 2.49. The molecule has 3 rings (SSSR count). The molecule has 4 amide bonds. The van der Waals surface area contributed by atoms with Gasteiger partial charge in [-0.3, -0.25) is 24.6 Å². The van der Waals surface area contributed by atoms with E-state index < -0.39 is 22.4 Å². The minimum Gasteiger partial charge on any atom is -0.375 e. The number of amides is 4. The molecule has 0 saturated carbocycles. The third-order valence-corrected chi connectivity index (χ3v) is 4.82. The Hall–Kier alpha value is -3.01. The maximum absolute atomic E-state index is 12.9. The number of morpholine rings is 1. The molecule has 2 aliphatic heterocycles. The lowest BCUT2D eigenvalue weighted by atomic mass is 9.92. The summed E-state index contributed by atoms with van der Waals surface area (Å²) in [6.07, 6.45) is -0.101. The number of nitrogens with zero attached hydrogens (tertiary/aromatic N) is 3. The number of rotatable bonds is 4. The number of carbonyl (C=O) groups excluding carboxylic acids is 3. The lowest BCUT2D eigenvalue weighted by Crippen LogP contribution is -2.49. The molecule has 1 N–H and O–H groups in total. The van der Waals surface area contributed by atoms with E-state index >= 15 is 0 Å². The van der Waals surface area contributed by atoms with Gasteiger partial charge >= 0.3 is 6.03 Å². The Morgan fingerprint density at radius 2 is 2.04 bits per heavy atom. The first-order valence-corrected chi connectivity index (χ1v) is 8.51. The molecule has 2 atom stereocenters. The fourth-order valence-electron chi connectivity index (χ4n) is 3.23. The van der Waals surface area contributed by atoms with Crippen LogP contribution in [0.15, 0.2) is 24.3 Å². The summed E-state index contributed by atoms with van der Waals surface area (Å²) in [6, 6.07) is 4.71. The molecule has 2 unspecified atom stereocenters. The van der Waals surface area contributed by atoms with Gasteiger partial charge in [-0.05, 0) is 31.5 Å². The topological polar surface area (TPSA) is 122 Å². The average Bonchev–Trinajstić information content (AvgIpc) is 2.86. The molecule has 1 aromatic rings. The van der Waals surface area contributed by atoms with Crippen molar-refractivity contribution in [3.05, 3.63) is 39.9 Å². The molecule has 10 heteroatoms. The Morgan fingerprint density at radius 3 is 2.63 bits per heavy atom. The zero-order valence-electron chi connectivity index (χ0n) is 15.0. The van der Waals surface area contributed by atoms with Gasteiger partial charge in [0.1, 0.15) is 12.1 Å². The Kier molecular flexibility index (Phi) is 4.83. The van der Waals surface area contributed by atoms with E-state index in [0.717, 1.165) is 4.90 Å². The number of ether oxygens (including phenoxy) is 1. The van der Waals surface area contributed by atoms with E-state index in [0.29, 0.717) is 25.3 Å². The van der Waals surface area contributed by atoms with Crippen molar-refractivity contribution in [3.8, 4) is 0 Å². The van der Waals surface area contributed by atoms with Crippen LogP contribution in [-0.4, -0.2) is 64.9 Å². The molecule has 0 aromatic heterocycles. The summed E-state index contributed by atoms with van der Waals surface area (Å²) in [5.41, 5.74) is -1.10. The summed E-state index contributed by atoms with van der Waals surface area (Å²) in [6.45, 7) is 4.22. The van der Waals surface area contributed by atoms with Gasteiger partial charge in [0.2, 0.25) is 5.91 Å².